The molecule has 148 valence electrons. The summed E-state index contributed by atoms with van der Waals surface area (Å²) in [5.41, 5.74) is 0.355. The third-order valence-corrected chi connectivity index (χ3v) is 4.14. The van der Waals surface area contributed by atoms with Crippen LogP contribution < -0.4 is 10.1 Å². The summed E-state index contributed by atoms with van der Waals surface area (Å²) in [5, 5.41) is 2.85. The van der Waals surface area contributed by atoms with E-state index in [2.05, 4.69) is 10.3 Å². The van der Waals surface area contributed by atoms with E-state index in [1.807, 2.05) is 13.8 Å². The number of nitrogens with zero attached hydrogens (tertiary/aromatic N) is 3. The zero-order valence-corrected chi connectivity index (χ0v) is 16.7. The van der Waals surface area contributed by atoms with Gasteiger partial charge in [0.1, 0.15) is 5.02 Å². The number of rotatable bonds is 4. The number of carbonyl (C=O) groups excluding carboxylic acids is 3. The first kappa shape index (κ1) is 21.0. The third-order valence-electron chi connectivity index (χ3n) is 3.87. The summed E-state index contributed by atoms with van der Waals surface area (Å²) in [6.45, 7) is 8.57. The summed E-state index contributed by atoms with van der Waals surface area (Å²) in [6.07, 6.45) is 1.36. The molecule has 2 rings (SSSR count). The lowest BCUT2D eigenvalue weighted by molar-refractivity contribution is -0.147. The van der Waals surface area contributed by atoms with Gasteiger partial charge in [0, 0.05) is 38.4 Å². The van der Waals surface area contributed by atoms with Crippen molar-refractivity contribution in [2.24, 2.45) is 0 Å². The van der Waals surface area contributed by atoms with Crippen molar-refractivity contribution in [3.05, 3.63) is 22.8 Å². The highest BCUT2D eigenvalue weighted by Crippen LogP contribution is 2.24. The highest BCUT2D eigenvalue weighted by Gasteiger charge is 2.28. The maximum absolute atomic E-state index is 12.6. The molecule has 8 nitrogen and oxygen atoms in total. The van der Waals surface area contributed by atoms with Gasteiger partial charge in [0.05, 0.1) is 11.7 Å². The van der Waals surface area contributed by atoms with Gasteiger partial charge >= 0.3 is 11.8 Å². The Bertz CT molecular complexity index is 715. The second-order valence-corrected chi connectivity index (χ2v) is 7.30. The van der Waals surface area contributed by atoms with Crippen molar-refractivity contribution in [1.82, 2.24) is 20.1 Å². The van der Waals surface area contributed by atoms with Crippen LogP contribution >= 0.6 is 11.6 Å². The summed E-state index contributed by atoms with van der Waals surface area (Å²) < 4.78 is 5.47. The Labute approximate surface area is 163 Å². The average Bonchev–Trinajstić information content (AvgIpc) is 2.61. The number of hydrogen-bond acceptors (Lipinski definition) is 5. The van der Waals surface area contributed by atoms with E-state index in [9.17, 15) is 14.4 Å². The second-order valence-electron chi connectivity index (χ2n) is 6.89. The van der Waals surface area contributed by atoms with Crippen LogP contribution in [0.5, 0.6) is 5.88 Å². The Morgan fingerprint density at radius 2 is 1.70 bits per heavy atom. The quantitative estimate of drug-likeness (QED) is 0.775. The van der Waals surface area contributed by atoms with Crippen LogP contribution in [0.2, 0.25) is 5.02 Å². The molecule has 0 bridgehead atoms. The lowest BCUT2D eigenvalue weighted by Gasteiger charge is -2.34. The number of amides is 3. The molecule has 0 saturated carbocycles. The first-order chi connectivity index (χ1) is 12.7. The van der Waals surface area contributed by atoms with Crippen molar-refractivity contribution in [2.45, 2.75) is 39.8 Å². The van der Waals surface area contributed by atoms with Crippen LogP contribution in [0.25, 0.3) is 0 Å². The second kappa shape index (κ2) is 9.03. The van der Waals surface area contributed by atoms with Gasteiger partial charge in [-0.3, -0.25) is 14.4 Å². The largest absolute Gasteiger partial charge is 0.474 e. The van der Waals surface area contributed by atoms with Gasteiger partial charge in [0.15, 0.2) is 0 Å². The molecule has 1 aliphatic heterocycles. The van der Waals surface area contributed by atoms with Crippen LogP contribution in [0.3, 0.4) is 0 Å². The molecule has 2 heterocycles. The van der Waals surface area contributed by atoms with Gasteiger partial charge < -0.3 is 19.9 Å². The van der Waals surface area contributed by atoms with E-state index in [0.29, 0.717) is 31.7 Å². The van der Waals surface area contributed by atoms with Crippen LogP contribution in [-0.4, -0.2) is 70.8 Å². The molecule has 1 saturated heterocycles. The minimum Gasteiger partial charge on any atom is -0.474 e. The topological polar surface area (TPSA) is 91.8 Å². The minimum absolute atomic E-state index is 0.0740. The van der Waals surface area contributed by atoms with Crippen molar-refractivity contribution >= 4 is 29.3 Å². The van der Waals surface area contributed by atoms with Crippen molar-refractivity contribution in [3.63, 3.8) is 0 Å². The summed E-state index contributed by atoms with van der Waals surface area (Å²) in [7, 11) is 0. The number of aromatic nitrogens is 1. The molecule has 0 atom stereocenters. The molecule has 0 aliphatic carbocycles. The van der Waals surface area contributed by atoms with E-state index >= 15 is 0 Å². The lowest BCUT2D eigenvalue weighted by Crippen LogP contribution is -2.54. The van der Waals surface area contributed by atoms with Crippen molar-refractivity contribution in [3.8, 4) is 5.88 Å². The third kappa shape index (κ3) is 5.56. The molecule has 0 spiro atoms. The predicted molar refractivity (Wildman–Crippen MR) is 101 cm³/mol. The van der Waals surface area contributed by atoms with Crippen LogP contribution in [-0.2, 0) is 9.59 Å². The zero-order valence-electron chi connectivity index (χ0n) is 16.0. The fourth-order valence-corrected chi connectivity index (χ4v) is 2.83. The van der Waals surface area contributed by atoms with Crippen LogP contribution in [0.15, 0.2) is 12.3 Å². The van der Waals surface area contributed by atoms with E-state index in [-0.39, 0.29) is 29.0 Å². The monoisotopic (exact) mass is 396 g/mol. The lowest BCUT2D eigenvalue weighted by atomic mass is 10.2. The standard InChI is InChI=1S/C18H25ClN4O4/c1-11(2)21-15(24)18(26)23-7-5-22(6-8-23)17(25)13-9-14(19)16(20-10-13)27-12(3)4/h9-12H,5-8H2,1-4H3,(H,21,24). The normalized spacial score (nSPS) is 14.5. The molecule has 0 aromatic carbocycles. The van der Waals surface area contributed by atoms with Gasteiger partial charge in [0.2, 0.25) is 5.88 Å². The molecule has 27 heavy (non-hydrogen) atoms. The number of halogens is 1. The van der Waals surface area contributed by atoms with Gasteiger partial charge in [-0.15, -0.1) is 0 Å². The van der Waals surface area contributed by atoms with Gasteiger partial charge in [0.25, 0.3) is 5.91 Å². The first-order valence-electron chi connectivity index (χ1n) is 8.90. The van der Waals surface area contributed by atoms with Crippen LogP contribution in [0.1, 0.15) is 38.1 Å². The van der Waals surface area contributed by atoms with Crippen molar-refractivity contribution in [1.29, 1.82) is 0 Å². The number of piperazine rings is 1. The highest BCUT2D eigenvalue weighted by atomic mass is 35.5. The minimum atomic E-state index is -0.624. The molecule has 1 aromatic heterocycles. The molecule has 1 aliphatic rings. The molecule has 1 N–H and O–H groups in total. The SMILES string of the molecule is CC(C)NC(=O)C(=O)N1CCN(C(=O)c2cnc(OC(C)C)c(Cl)c2)CC1. The summed E-state index contributed by atoms with van der Waals surface area (Å²) in [4.78, 5) is 43.8. The van der Waals surface area contributed by atoms with Crippen molar-refractivity contribution < 1.29 is 19.1 Å². The molecule has 0 radical (unpaired) electrons. The van der Waals surface area contributed by atoms with E-state index in [1.54, 1.807) is 18.7 Å². The van der Waals surface area contributed by atoms with Crippen molar-refractivity contribution in [2.75, 3.05) is 26.2 Å². The van der Waals surface area contributed by atoms with Gasteiger partial charge in [-0.25, -0.2) is 4.98 Å². The van der Waals surface area contributed by atoms with Crippen LogP contribution in [0, 0.1) is 0 Å². The zero-order chi connectivity index (χ0) is 20.1. The number of nitrogens with one attached hydrogen (secondary N) is 1. The molecule has 9 heteroatoms. The summed E-state index contributed by atoms with van der Waals surface area (Å²) in [5.74, 6) is -1.13. The highest BCUT2D eigenvalue weighted by molar-refractivity contribution is 6.35. The number of hydrogen-bond donors (Lipinski definition) is 1. The Balaban J connectivity index is 1.96. The Morgan fingerprint density at radius 3 is 2.22 bits per heavy atom. The fourth-order valence-electron chi connectivity index (χ4n) is 2.62. The summed E-state index contributed by atoms with van der Waals surface area (Å²) >= 11 is 6.14. The van der Waals surface area contributed by atoms with Gasteiger partial charge in [-0.05, 0) is 33.8 Å². The predicted octanol–water partition coefficient (Wildman–Crippen LogP) is 1.33. The first-order valence-corrected chi connectivity index (χ1v) is 9.28. The average molecular weight is 397 g/mol. The Hall–Kier alpha value is -2.35. The molecule has 3 amide bonds. The van der Waals surface area contributed by atoms with E-state index < -0.39 is 11.8 Å². The van der Waals surface area contributed by atoms with Gasteiger partial charge in [-0.2, -0.15) is 0 Å². The Kier molecular flexibility index (Phi) is 7.01. The van der Waals surface area contributed by atoms with E-state index in [4.69, 9.17) is 16.3 Å². The maximum Gasteiger partial charge on any atom is 0.312 e. The van der Waals surface area contributed by atoms with Crippen LogP contribution in [0.4, 0.5) is 0 Å². The van der Waals surface area contributed by atoms with E-state index in [0.717, 1.165) is 0 Å². The molecule has 0 unspecified atom stereocenters. The fraction of sp³-hybridized carbons (Fsp3) is 0.556. The number of carbonyl (C=O) groups is 3. The smallest absolute Gasteiger partial charge is 0.312 e. The van der Waals surface area contributed by atoms with Gasteiger partial charge in [-0.1, -0.05) is 11.6 Å². The molecule has 1 fully saturated rings. The number of pyridine rings is 1. The molecule has 1 aromatic rings. The molecular weight excluding hydrogens is 372 g/mol. The molecular formula is C18H25ClN4O4. The number of ether oxygens (including phenoxy) is 1. The summed E-state index contributed by atoms with van der Waals surface area (Å²) in [6, 6.07) is 1.42. The maximum atomic E-state index is 12.6. The van der Waals surface area contributed by atoms with E-state index in [1.165, 1.54) is 17.2 Å². The Morgan fingerprint density at radius 1 is 1.11 bits per heavy atom.